The molecular formula is C19H29O4PS. The largest absolute Gasteiger partial charge is 0.480 e. The summed E-state index contributed by atoms with van der Waals surface area (Å²) in [5, 5.41) is 11.3. The molecule has 2 bridgehead atoms. The van der Waals surface area contributed by atoms with Gasteiger partial charge in [-0.1, -0.05) is 12.1 Å². The molecule has 2 aliphatic carbocycles. The topological polar surface area (TPSA) is 55.8 Å². The van der Waals surface area contributed by atoms with Gasteiger partial charge in [0.05, 0.1) is 27.6 Å². The van der Waals surface area contributed by atoms with Crippen LogP contribution in [0.5, 0.6) is 5.75 Å². The summed E-state index contributed by atoms with van der Waals surface area (Å²) >= 11 is 0. The number of fused-ring (bicyclic) bond motifs is 2. The third-order valence-corrected chi connectivity index (χ3v) is 7.34. The number of carbonyl (C=O) groups is 1. The monoisotopic (exact) mass is 384 g/mol. The minimum absolute atomic E-state index is 0.0465. The quantitative estimate of drug-likeness (QED) is 0.604. The first-order chi connectivity index (χ1) is 11.7. The van der Waals surface area contributed by atoms with Gasteiger partial charge >= 0.3 is 5.97 Å². The Morgan fingerprint density at radius 3 is 2.56 bits per heavy atom. The van der Waals surface area contributed by atoms with Gasteiger partial charge in [0.1, 0.15) is 5.75 Å². The molecule has 140 valence electrons. The van der Waals surface area contributed by atoms with Gasteiger partial charge in [0.25, 0.3) is 0 Å². The molecule has 1 aromatic rings. The van der Waals surface area contributed by atoms with Crippen LogP contribution in [0.2, 0.25) is 0 Å². The Kier molecular flexibility index (Phi) is 5.39. The van der Waals surface area contributed by atoms with Gasteiger partial charge in [-0.2, -0.15) is 0 Å². The lowest BCUT2D eigenvalue weighted by Crippen LogP contribution is -2.35. The van der Waals surface area contributed by atoms with E-state index >= 15 is 0 Å². The van der Waals surface area contributed by atoms with Crippen LogP contribution < -0.4 is 4.52 Å². The van der Waals surface area contributed by atoms with Crippen LogP contribution in [-0.4, -0.2) is 42.2 Å². The van der Waals surface area contributed by atoms with E-state index in [1.54, 1.807) is 0 Å². The molecule has 1 aromatic carbocycles. The maximum atomic E-state index is 12.7. The second-order valence-corrected chi connectivity index (χ2v) is 13.0. The molecule has 4 nitrogen and oxygen atoms in total. The Morgan fingerprint density at radius 1 is 1.28 bits per heavy atom. The molecule has 0 spiro atoms. The number of hydrogen-bond acceptors (Lipinski definition) is 4. The number of benzene rings is 1. The summed E-state index contributed by atoms with van der Waals surface area (Å²) in [5.41, 5.74) is -0.0520. The number of carbonyl (C=O) groups excluding carboxylic acids is 1. The van der Waals surface area contributed by atoms with Crippen molar-refractivity contribution in [3.8, 4) is 5.75 Å². The van der Waals surface area contributed by atoms with E-state index in [-0.39, 0.29) is 23.7 Å². The van der Waals surface area contributed by atoms with Crippen molar-refractivity contribution >= 4 is 25.5 Å². The van der Waals surface area contributed by atoms with Crippen LogP contribution in [0, 0.1) is 17.8 Å². The van der Waals surface area contributed by atoms with E-state index in [9.17, 15) is 9.90 Å². The average molecular weight is 384 g/mol. The van der Waals surface area contributed by atoms with Crippen molar-refractivity contribution in [3.05, 3.63) is 29.8 Å². The Morgan fingerprint density at radius 2 is 1.96 bits per heavy atom. The highest BCUT2D eigenvalue weighted by atomic mass is 32.3. The molecule has 0 amide bonds. The summed E-state index contributed by atoms with van der Waals surface area (Å²) in [6.45, 7) is 0.492. The van der Waals surface area contributed by atoms with E-state index in [2.05, 4.69) is 28.2 Å². The van der Waals surface area contributed by atoms with Crippen LogP contribution in [-0.2, 0) is 15.1 Å². The summed E-state index contributed by atoms with van der Waals surface area (Å²) in [5.74, 6) is 1.56. The van der Waals surface area contributed by atoms with Crippen LogP contribution in [0.3, 0.4) is 0 Å². The molecule has 25 heavy (non-hydrogen) atoms. The first-order valence-electron chi connectivity index (χ1n) is 8.77. The Balaban J connectivity index is 1.71. The first kappa shape index (κ1) is 19.0. The number of esters is 1. The fourth-order valence-corrected chi connectivity index (χ4v) is 5.14. The normalized spacial score (nSPS) is 31.8. The summed E-state index contributed by atoms with van der Waals surface area (Å²) in [6, 6.07) is 7.52. The molecule has 2 saturated carbocycles. The molecule has 0 saturated heterocycles. The predicted octanol–water partition coefficient (Wildman–Crippen LogP) is 3.33. The van der Waals surface area contributed by atoms with Gasteiger partial charge in [0, 0.05) is 11.7 Å². The summed E-state index contributed by atoms with van der Waals surface area (Å²) in [7, 11) is 1.55. The van der Waals surface area contributed by atoms with Crippen molar-refractivity contribution in [1.82, 2.24) is 0 Å². The lowest BCUT2D eigenvalue weighted by atomic mass is 9.78. The van der Waals surface area contributed by atoms with Gasteiger partial charge in [0.15, 0.2) is 0 Å². The number of aliphatic hydroxyl groups is 1. The van der Waals surface area contributed by atoms with Gasteiger partial charge in [0.2, 0.25) is 0 Å². The molecule has 0 heterocycles. The highest BCUT2D eigenvalue weighted by molar-refractivity contribution is 8.32. The minimum atomic E-state index is -0.929. The van der Waals surface area contributed by atoms with Gasteiger partial charge < -0.3 is 14.4 Å². The molecule has 2 fully saturated rings. The molecule has 2 aliphatic rings. The van der Waals surface area contributed by atoms with Gasteiger partial charge in [-0.15, -0.1) is 0 Å². The minimum Gasteiger partial charge on any atom is -0.480 e. The van der Waals surface area contributed by atoms with Crippen molar-refractivity contribution in [2.75, 3.05) is 31.1 Å². The molecule has 6 heteroatoms. The third-order valence-electron chi connectivity index (χ3n) is 5.68. The van der Waals surface area contributed by atoms with Gasteiger partial charge in [-0.25, -0.2) is 10.0 Å². The second kappa shape index (κ2) is 7.09. The Hall–Kier alpha value is -0.770. The van der Waals surface area contributed by atoms with Crippen LogP contribution >= 0.6 is 19.5 Å². The zero-order valence-corrected chi connectivity index (χ0v) is 17.2. The zero-order chi connectivity index (χ0) is 18.2. The molecule has 0 aliphatic heterocycles. The molecule has 5 atom stereocenters. The standard InChI is InChI=1S/C19H29O4PS/c1-25(2,3)11-10-22-18(20)17-13-4-9-16(17)19(21,12-13)14-5-7-15(23-24)8-6-14/h5-8,13,16-17,21H,4,9-12,24H2,1-3H3. The highest BCUT2D eigenvalue weighted by Crippen LogP contribution is 2.59. The smallest absolute Gasteiger partial charge is 0.309 e. The molecule has 1 N–H and O–H groups in total. The highest BCUT2D eigenvalue weighted by Gasteiger charge is 2.60. The second-order valence-electron chi connectivity index (χ2n) is 8.20. The van der Waals surface area contributed by atoms with Crippen molar-refractivity contribution < 1.29 is 19.2 Å². The van der Waals surface area contributed by atoms with Crippen molar-refractivity contribution in [3.63, 3.8) is 0 Å². The fourth-order valence-electron chi connectivity index (χ4n) is 4.40. The summed E-state index contributed by atoms with van der Waals surface area (Å²) in [6.07, 6.45) is 9.20. The van der Waals surface area contributed by atoms with Crippen LogP contribution in [0.15, 0.2) is 24.3 Å². The van der Waals surface area contributed by atoms with Crippen LogP contribution in [0.4, 0.5) is 0 Å². The SMILES string of the molecule is CS(C)(C)CCOC(=O)C1C2CCC1C(O)(c1ccc(OP)cc1)C2. The van der Waals surface area contributed by atoms with Gasteiger partial charge in [-0.05, 0) is 61.6 Å². The summed E-state index contributed by atoms with van der Waals surface area (Å²) < 4.78 is 10.7. The molecule has 3 rings (SSSR count). The number of rotatable bonds is 6. The van der Waals surface area contributed by atoms with E-state index in [1.807, 2.05) is 24.3 Å². The Labute approximate surface area is 154 Å². The van der Waals surface area contributed by atoms with E-state index in [1.165, 1.54) is 0 Å². The van der Waals surface area contributed by atoms with E-state index in [0.717, 1.165) is 29.9 Å². The molecule has 0 aromatic heterocycles. The molecular weight excluding hydrogens is 355 g/mol. The fraction of sp³-hybridized carbons (Fsp3) is 0.632. The number of hydrogen-bond donors (Lipinski definition) is 1. The molecule has 0 radical (unpaired) electrons. The predicted molar refractivity (Wildman–Crippen MR) is 106 cm³/mol. The summed E-state index contributed by atoms with van der Waals surface area (Å²) in [4.78, 5) is 12.7. The average Bonchev–Trinajstić information content (AvgIpc) is 3.09. The van der Waals surface area contributed by atoms with Gasteiger partial charge in [-0.3, -0.25) is 4.79 Å². The van der Waals surface area contributed by atoms with Crippen molar-refractivity contribution in [1.29, 1.82) is 0 Å². The maximum absolute atomic E-state index is 12.7. The van der Waals surface area contributed by atoms with Crippen molar-refractivity contribution in [2.24, 2.45) is 17.8 Å². The third kappa shape index (κ3) is 3.84. The van der Waals surface area contributed by atoms with E-state index < -0.39 is 15.6 Å². The lowest BCUT2D eigenvalue weighted by Gasteiger charge is -2.33. The van der Waals surface area contributed by atoms with Crippen LogP contribution in [0.25, 0.3) is 0 Å². The Bertz CT molecular complexity index is 627. The maximum Gasteiger partial charge on any atom is 0.309 e. The molecule has 5 unspecified atom stereocenters. The lowest BCUT2D eigenvalue weighted by molar-refractivity contribution is -0.151. The van der Waals surface area contributed by atoms with Crippen LogP contribution in [0.1, 0.15) is 24.8 Å². The van der Waals surface area contributed by atoms with E-state index in [0.29, 0.717) is 13.0 Å². The first-order valence-corrected chi connectivity index (χ1v) is 12.3. The zero-order valence-electron chi connectivity index (χ0n) is 15.2. The number of ether oxygens (including phenoxy) is 1. The van der Waals surface area contributed by atoms with E-state index in [4.69, 9.17) is 9.26 Å². The van der Waals surface area contributed by atoms with Crippen molar-refractivity contribution in [2.45, 2.75) is 24.9 Å².